The van der Waals surface area contributed by atoms with Gasteiger partial charge in [-0.25, -0.2) is 8.78 Å². The number of rotatable bonds is 3. The minimum absolute atomic E-state index is 0.148. The molecule has 1 aliphatic heterocycles. The highest BCUT2D eigenvalue weighted by atomic mass is 35.5. The van der Waals surface area contributed by atoms with Crippen molar-refractivity contribution in [2.24, 2.45) is 0 Å². The summed E-state index contributed by atoms with van der Waals surface area (Å²) in [7, 11) is 0. The molecule has 1 amide bonds. The quantitative estimate of drug-likeness (QED) is 0.537. The highest BCUT2D eigenvalue weighted by Gasteiger charge is 2.43. The molecule has 0 bridgehead atoms. The topological polar surface area (TPSA) is 47.6 Å². The molecule has 0 saturated heterocycles. The lowest BCUT2D eigenvalue weighted by atomic mass is 10.0. The molecule has 0 saturated carbocycles. The van der Waals surface area contributed by atoms with Crippen molar-refractivity contribution in [3.63, 3.8) is 0 Å². The number of fused-ring (bicyclic) bond motifs is 1. The van der Waals surface area contributed by atoms with Crippen LogP contribution in [0, 0.1) is 11.6 Å². The molecule has 1 aliphatic rings. The Bertz CT molecular complexity index is 1100. The number of benzene rings is 3. The third-order valence-electron chi connectivity index (χ3n) is 4.13. The fourth-order valence-corrected chi connectivity index (χ4v) is 3.10. The van der Waals surface area contributed by atoms with Crippen LogP contribution in [0.5, 0.6) is 11.5 Å². The zero-order valence-corrected chi connectivity index (χ0v) is 15.1. The van der Waals surface area contributed by atoms with E-state index in [1.165, 1.54) is 24.3 Å². The summed E-state index contributed by atoms with van der Waals surface area (Å²) in [5.74, 6) is -3.26. The number of carbonyl (C=O) groups is 1. The summed E-state index contributed by atoms with van der Waals surface area (Å²) < 4.78 is 62.6. The normalized spacial score (nSPS) is 14.0. The number of halogens is 5. The van der Waals surface area contributed by atoms with Crippen molar-refractivity contribution in [2.45, 2.75) is 6.29 Å². The van der Waals surface area contributed by atoms with Crippen molar-refractivity contribution in [3.8, 4) is 22.6 Å². The van der Waals surface area contributed by atoms with E-state index in [-0.39, 0.29) is 22.2 Å². The third-order valence-corrected chi connectivity index (χ3v) is 4.45. The van der Waals surface area contributed by atoms with E-state index in [0.29, 0.717) is 11.1 Å². The second kappa shape index (κ2) is 6.97. The van der Waals surface area contributed by atoms with Gasteiger partial charge in [0.05, 0.1) is 5.02 Å². The molecule has 3 aromatic rings. The van der Waals surface area contributed by atoms with Gasteiger partial charge in [0, 0.05) is 17.3 Å². The van der Waals surface area contributed by atoms with Gasteiger partial charge >= 0.3 is 6.29 Å². The van der Waals surface area contributed by atoms with Crippen molar-refractivity contribution >= 4 is 23.2 Å². The molecule has 4 nitrogen and oxygen atoms in total. The largest absolute Gasteiger partial charge is 0.586 e. The molecule has 0 atom stereocenters. The predicted octanol–water partition coefficient (Wildman–Crippen LogP) is 5.86. The molecule has 29 heavy (non-hydrogen) atoms. The van der Waals surface area contributed by atoms with E-state index >= 15 is 0 Å². The lowest BCUT2D eigenvalue weighted by Crippen LogP contribution is -2.25. The van der Waals surface area contributed by atoms with E-state index in [2.05, 4.69) is 14.8 Å². The van der Waals surface area contributed by atoms with Gasteiger partial charge in [0.1, 0.15) is 17.2 Å². The number of hydrogen-bond donors (Lipinski definition) is 1. The Hall–Kier alpha value is -3.26. The van der Waals surface area contributed by atoms with Crippen LogP contribution in [0.1, 0.15) is 10.4 Å². The standard InChI is InChI=1S/C20H10ClF4NO3/c21-13-9-17-16(28-20(24,25)29-17)8-12(13)10-4-6-11(7-5-10)26-19(27)18-14(22)2-1-3-15(18)23/h1-9H,(H,26,27). The maximum absolute atomic E-state index is 13.7. The smallest absolute Gasteiger partial charge is 0.395 e. The first-order valence-electron chi connectivity index (χ1n) is 8.19. The van der Waals surface area contributed by atoms with Crippen LogP contribution >= 0.6 is 11.6 Å². The van der Waals surface area contributed by atoms with E-state index in [4.69, 9.17) is 11.6 Å². The lowest BCUT2D eigenvalue weighted by Gasteiger charge is -2.09. The minimum atomic E-state index is -3.76. The number of hydrogen-bond acceptors (Lipinski definition) is 3. The molecule has 0 fully saturated rings. The molecule has 0 aliphatic carbocycles. The van der Waals surface area contributed by atoms with E-state index in [0.717, 1.165) is 18.2 Å². The predicted molar refractivity (Wildman–Crippen MR) is 97.4 cm³/mol. The monoisotopic (exact) mass is 423 g/mol. The van der Waals surface area contributed by atoms with Gasteiger partial charge in [-0.2, -0.15) is 0 Å². The summed E-state index contributed by atoms with van der Waals surface area (Å²) >= 11 is 6.14. The lowest BCUT2D eigenvalue weighted by molar-refractivity contribution is -0.286. The average Bonchev–Trinajstić information content (AvgIpc) is 2.94. The van der Waals surface area contributed by atoms with Gasteiger partial charge in [0.15, 0.2) is 11.5 Å². The molecule has 4 rings (SSSR count). The number of anilines is 1. The number of ether oxygens (including phenoxy) is 2. The summed E-state index contributed by atoms with van der Waals surface area (Å²) in [6.45, 7) is 0. The molecule has 3 aromatic carbocycles. The van der Waals surface area contributed by atoms with Crippen molar-refractivity contribution in [1.82, 2.24) is 0 Å². The highest BCUT2D eigenvalue weighted by molar-refractivity contribution is 6.33. The Morgan fingerprint density at radius 1 is 0.931 bits per heavy atom. The van der Waals surface area contributed by atoms with E-state index in [1.807, 2.05) is 0 Å². The van der Waals surface area contributed by atoms with Gasteiger partial charge in [-0.15, -0.1) is 8.78 Å². The fourth-order valence-electron chi connectivity index (χ4n) is 2.83. The summed E-state index contributed by atoms with van der Waals surface area (Å²) in [6, 6.07) is 11.7. The number of nitrogens with one attached hydrogen (secondary N) is 1. The van der Waals surface area contributed by atoms with Crippen molar-refractivity contribution in [2.75, 3.05) is 5.32 Å². The molecule has 1 heterocycles. The van der Waals surface area contributed by atoms with Crippen LogP contribution in [0.2, 0.25) is 5.02 Å². The summed E-state index contributed by atoms with van der Waals surface area (Å²) in [5, 5.41) is 2.54. The Morgan fingerprint density at radius 2 is 1.52 bits per heavy atom. The van der Waals surface area contributed by atoms with Crippen LogP contribution in [0.4, 0.5) is 23.2 Å². The van der Waals surface area contributed by atoms with E-state index in [9.17, 15) is 22.4 Å². The van der Waals surface area contributed by atoms with Gasteiger partial charge in [-0.1, -0.05) is 29.8 Å². The molecule has 0 spiro atoms. The van der Waals surface area contributed by atoms with Crippen molar-refractivity contribution in [3.05, 3.63) is 76.8 Å². The molecule has 0 aromatic heterocycles. The van der Waals surface area contributed by atoms with Crippen LogP contribution in [-0.4, -0.2) is 12.2 Å². The van der Waals surface area contributed by atoms with Crippen LogP contribution in [0.25, 0.3) is 11.1 Å². The van der Waals surface area contributed by atoms with Crippen LogP contribution in [0.15, 0.2) is 54.6 Å². The Labute approximate surface area is 166 Å². The maximum Gasteiger partial charge on any atom is 0.586 e. The Balaban J connectivity index is 1.57. The second-order valence-corrected chi connectivity index (χ2v) is 6.48. The molecular formula is C20H10ClF4NO3. The minimum Gasteiger partial charge on any atom is -0.395 e. The van der Waals surface area contributed by atoms with Gasteiger partial charge in [-0.05, 0) is 35.9 Å². The Morgan fingerprint density at radius 3 is 2.14 bits per heavy atom. The summed E-state index contributed by atoms with van der Waals surface area (Å²) in [6.07, 6.45) is -3.76. The van der Waals surface area contributed by atoms with E-state index in [1.54, 1.807) is 12.1 Å². The molecule has 0 radical (unpaired) electrons. The first-order valence-corrected chi connectivity index (χ1v) is 8.56. The van der Waals surface area contributed by atoms with Gasteiger partial charge in [0.25, 0.3) is 5.91 Å². The van der Waals surface area contributed by atoms with Crippen LogP contribution < -0.4 is 14.8 Å². The first-order chi connectivity index (χ1) is 13.7. The third kappa shape index (κ3) is 3.71. The number of carbonyl (C=O) groups excluding carboxylic acids is 1. The zero-order valence-electron chi connectivity index (χ0n) is 14.3. The molecule has 148 valence electrons. The number of amides is 1. The molecule has 1 N–H and O–H groups in total. The summed E-state index contributed by atoms with van der Waals surface area (Å²) in [5.41, 5.74) is 0.498. The average molecular weight is 424 g/mol. The van der Waals surface area contributed by atoms with Gasteiger partial charge < -0.3 is 14.8 Å². The molecule has 0 unspecified atom stereocenters. The summed E-state index contributed by atoms with van der Waals surface area (Å²) in [4.78, 5) is 12.1. The van der Waals surface area contributed by atoms with Gasteiger partial charge in [-0.3, -0.25) is 4.79 Å². The van der Waals surface area contributed by atoms with Crippen LogP contribution in [-0.2, 0) is 0 Å². The highest BCUT2D eigenvalue weighted by Crippen LogP contribution is 2.46. The molecular weight excluding hydrogens is 414 g/mol. The van der Waals surface area contributed by atoms with Gasteiger partial charge in [0.2, 0.25) is 0 Å². The zero-order chi connectivity index (χ0) is 20.8. The fraction of sp³-hybridized carbons (Fsp3) is 0.0500. The Kier molecular flexibility index (Phi) is 4.58. The van der Waals surface area contributed by atoms with Crippen molar-refractivity contribution in [1.29, 1.82) is 0 Å². The first kappa shape index (κ1) is 19.1. The van der Waals surface area contributed by atoms with Crippen molar-refractivity contribution < 1.29 is 31.8 Å². The number of alkyl halides is 2. The van der Waals surface area contributed by atoms with Crippen LogP contribution in [0.3, 0.4) is 0 Å². The van der Waals surface area contributed by atoms with E-state index < -0.39 is 29.4 Å². The second-order valence-electron chi connectivity index (χ2n) is 6.07. The molecule has 9 heteroatoms. The maximum atomic E-state index is 13.7. The SMILES string of the molecule is O=C(Nc1ccc(-c2cc3c(cc2Cl)OC(F)(F)O3)cc1)c1c(F)cccc1F.